The zero-order valence-corrected chi connectivity index (χ0v) is 13.5. The van der Waals surface area contributed by atoms with Crippen molar-refractivity contribution in [1.82, 2.24) is 5.32 Å². The van der Waals surface area contributed by atoms with Crippen LogP contribution >= 0.6 is 15.9 Å². The summed E-state index contributed by atoms with van der Waals surface area (Å²) >= 11 is 3.43. The van der Waals surface area contributed by atoms with Gasteiger partial charge >= 0.3 is 6.09 Å². The highest BCUT2D eigenvalue weighted by atomic mass is 79.9. The van der Waals surface area contributed by atoms with Gasteiger partial charge in [0.25, 0.3) is 0 Å². The van der Waals surface area contributed by atoms with E-state index in [1.807, 2.05) is 48.5 Å². The van der Waals surface area contributed by atoms with Crippen molar-refractivity contribution in [3.05, 3.63) is 65.2 Å². The molecule has 0 unspecified atom stereocenters. The summed E-state index contributed by atoms with van der Waals surface area (Å²) in [5, 5.41) is 3.52. The molecule has 1 atom stereocenters. The monoisotopic (exact) mass is 361 g/mol. The highest BCUT2D eigenvalue weighted by molar-refractivity contribution is 9.08. The lowest BCUT2D eigenvalue weighted by molar-refractivity contribution is 0.0825. The summed E-state index contributed by atoms with van der Waals surface area (Å²) in [5.74, 6) is 0.783. The minimum Gasteiger partial charge on any atom is -0.489 e. The van der Waals surface area contributed by atoms with Gasteiger partial charge in [0.1, 0.15) is 12.4 Å². The number of amides is 1. The summed E-state index contributed by atoms with van der Waals surface area (Å²) in [7, 11) is 0. The quantitative estimate of drug-likeness (QED) is 0.839. The first kappa shape index (κ1) is 14.9. The van der Waals surface area contributed by atoms with Gasteiger partial charge in [-0.25, -0.2) is 4.79 Å². The molecule has 0 bridgehead atoms. The van der Waals surface area contributed by atoms with Crippen molar-refractivity contribution in [2.75, 3.05) is 6.61 Å². The third kappa shape index (κ3) is 3.42. The number of nitrogens with one attached hydrogen (secondary N) is 1. The van der Waals surface area contributed by atoms with Gasteiger partial charge in [-0.2, -0.15) is 0 Å². The second-order valence-electron chi connectivity index (χ2n) is 5.05. The number of hydrogen-bond acceptors (Lipinski definition) is 3. The second kappa shape index (κ2) is 6.83. The van der Waals surface area contributed by atoms with E-state index in [0.29, 0.717) is 13.2 Å². The average Bonchev–Trinajstić information content (AvgIpc) is 2.96. The first-order valence-corrected chi connectivity index (χ1v) is 8.18. The van der Waals surface area contributed by atoms with Gasteiger partial charge in [0.2, 0.25) is 0 Å². The van der Waals surface area contributed by atoms with Crippen LogP contribution in [0.15, 0.2) is 48.5 Å². The molecule has 0 spiro atoms. The number of alkyl carbamates (subject to hydrolysis) is 1. The SMILES string of the molecule is O=C(NCc1ccccc1)O[C@H]1COc2ccc(CBr)cc21. The maximum absolute atomic E-state index is 11.9. The third-order valence-electron chi connectivity index (χ3n) is 3.49. The van der Waals surface area contributed by atoms with E-state index in [9.17, 15) is 4.79 Å². The van der Waals surface area contributed by atoms with Crippen molar-refractivity contribution in [3.63, 3.8) is 0 Å². The van der Waals surface area contributed by atoms with Crippen molar-refractivity contribution >= 4 is 22.0 Å². The summed E-state index contributed by atoms with van der Waals surface area (Å²) < 4.78 is 11.0. The molecule has 0 aliphatic carbocycles. The van der Waals surface area contributed by atoms with E-state index in [0.717, 1.165) is 27.8 Å². The van der Waals surface area contributed by atoms with E-state index in [1.54, 1.807) is 0 Å². The van der Waals surface area contributed by atoms with Crippen LogP contribution in [-0.4, -0.2) is 12.7 Å². The van der Waals surface area contributed by atoms with Gasteiger partial charge in [0, 0.05) is 17.4 Å². The number of carbonyl (C=O) groups excluding carboxylic acids is 1. The second-order valence-corrected chi connectivity index (χ2v) is 5.61. The van der Waals surface area contributed by atoms with Gasteiger partial charge in [-0.1, -0.05) is 52.3 Å². The van der Waals surface area contributed by atoms with Crippen LogP contribution in [0, 0.1) is 0 Å². The smallest absolute Gasteiger partial charge is 0.408 e. The molecule has 0 saturated carbocycles. The summed E-state index contributed by atoms with van der Waals surface area (Å²) in [6.45, 7) is 0.807. The van der Waals surface area contributed by atoms with E-state index >= 15 is 0 Å². The fraction of sp³-hybridized carbons (Fsp3) is 0.235. The van der Waals surface area contributed by atoms with E-state index in [1.165, 1.54) is 0 Å². The molecule has 114 valence electrons. The molecule has 0 fully saturated rings. The van der Waals surface area contributed by atoms with E-state index < -0.39 is 6.09 Å². The van der Waals surface area contributed by atoms with E-state index in [2.05, 4.69) is 21.2 Å². The topological polar surface area (TPSA) is 47.6 Å². The number of rotatable bonds is 4. The zero-order valence-electron chi connectivity index (χ0n) is 11.9. The van der Waals surface area contributed by atoms with Crippen LogP contribution in [0.3, 0.4) is 0 Å². The van der Waals surface area contributed by atoms with Crippen molar-refractivity contribution < 1.29 is 14.3 Å². The van der Waals surface area contributed by atoms with Crippen LogP contribution in [-0.2, 0) is 16.6 Å². The van der Waals surface area contributed by atoms with Crippen LogP contribution in [0.4, 0.5) is 4.79 Å². The summed E-state index contributed by atoms with van der Waals surface area (Å²) in [6, 6.07) is 15.6. The Hall–Kier alpha value is -2.01. The first-order chi connectivity index (χ1) is 10.8. The lowest BCUT2D eigenvalue weighted by Crippen LogP contribution is -2.26. The number of fused-ring (bicyclic) bond motifs is 1. The molecule has 4 nitrogen and oxygen atoms in total. The molecule has 5 heteroatoms. The maximum atomic E-state index is 11.9. The van der Waals surface area contributed by atoms with Crippen molar-refractivity contribution in [2.45, 2.75) is 18.0 Å². The van der Waals surface area contributed by atoms with E-state index in [-0.39, 0.29) is 6.10 Å². The molecule has 1 N–H and O–H groups in total. The molecule has 0 radical (unpaired) electrons. The van der Waals surface area contributed by atoms with Crippen LogP contribution in [0.1, 0.15) is 22.8 Å². The lowest BCUT2D eigenvalue weighted by Gasteiger charge is -2.12. The lowest BCUT2D eigenvalue weighted by atomic mass is 10.1. The van der Waals surface area contributed by atoms with Gasteiger partial charge in [0.15, 0.2) is 6.10 Å². The van der Waals surface area contributed by atoms with Gasteiger partial charge in [-0.3, -0.25) is 0 Å². The molecule has 2 aromatic rings. The molecule has 2 aromatic carbocycles. The molecule has 3 rings (SSSR count). The molecule has 1 amide bonds. The van der Waals surface area contributed by atoms with Gasteiger partial charge in [0.05, 0.1) is 0 Å². The number of hydrogen-bond donors (Lipinski definition) is 1. The van der Waals surface area contributed by atoms with Crippen LogP contribution in [0.25, 0.3) is 0 Å². The highest BCUT2D eigenvalue weighted by Crippen LogP contribution is 2.35. The molecule has 22 heavy (non-hydrogen) atoms. The highest BCUT2D eigenvalue weighted by Gasteiger charge is 2.27. The van der Waals surface area contributed by atoms with Crippen LogP contribution < -0.4 is 10.1 Å². The minimum atomic E-state index is -0.436. The maximum Gasteiger partial charge on any atom is 0.408 e. The molecular formula is C17H16BrNO3. The Labute approximate surface area is 137 Å². The Morgan fingerprint density at radius 2 is 2.05 bits per heavy atom. The molecule has 0 saturated heterocycles. The fourth-order valence-corrected chi connectivity index (χ4v) is 2.71. The molecular weight excluding hydrogens is 346 g/mol. The van der Waals surface area contributed by atoms with Crippen molar-refractivity contribution in [3.8, 4) is 5.75 Å². The molecule has 1 aliphatic heterocycles. The zero-order chi connectivity index (χ0) is 15.4. The standard InChI is InChI=1S/C17H16BrNO3/c18-9-13-6-7-15-14(8-13)16(11-21-15)22-17(20)19-10-12-4-2-1-3-5-12/h1-8,16H,9-11H2,(H,19,20)/t16-/m0/s1. The number of carbonyl (C=O) groups is 1. The number of benzene rings is 2. The Kier molecular flexibility index (Phi) is 4.63. The number of ether oxygens (including phenoxy) is 2. The molecule has 0 aromatic heterocycles. The Bertz CT molecular complexity index is 660. The Morgan fingerprint density at radius 3 is 2.82 bits per heavy atom. The summed E-state index contributed by atoms with van der Waals surface area (Å²) in [4.78, 5) is 11.9. The number of alkyl halides is 1. The van der Waals surface area contributed by atoms with Crippen LogP contribution in [0.2, 0.25) is 0 Å². The predicted octanol–water partition coefficient (Wildman–Crippen LogP) is 3.94. The predicted molar refractivity (Wildman–Crippen MR) is 87.1 cm³/mol. The summed E-state index contributed by atoms with van der Waals surface area (Å²) in [5.41, 5.74) is 3.08. The third-order valence-corrected chi connectivity index (χ3v) is 4.14. The molecule has 1 aliphatic rings. The minimum absolute atomic E-state index is 0.357. The van der Waals surface area contributed by atoms with Crippen molar-refractivity contribution in [1.29, 1.82) is 0 Å². The normalized spacial score (nSPS) is 15.8. The first-order valence-electron chi connectivity index (χ1n) is 7.06. The van der Waals surface area contributed by atoms with Gasteiger partial charge in [-0.05, 0) is 23.3 Å². The van der Waals surface area contributed by atoms with Gasteiger partial charge < -0.3 is 14.8 Å². The Morgan fingerprint density at radius 1 is 1.23 bits per heavy atom. The molecule has 1 heterocycles. The summed E-state index contributed by atoms with van der Waals surface area (Å²) in [6.07, 6.45) is -0.792. The van der Waals surface area contributed by atoms with Crippen LogP contribution in [0.5, 0.6) is 5.75 Å². The van der Waals surface area contributed by atoms with E-state index in [4.69, 9.17) is 9.47 Å². The average molecular weight is 362 g/mol. The fourth-order valence-electron chi connectivity index (χ4n) is 2.36. The number of halogens is 1. The van der Waals surface area contributed by atoms with Gasteiger partial charge in [-0.15, -0.1) is 0 Å². The largest absolute Gasteiger partial charge is 0.489 e. The Balaban J connectivity index is 1.59. The van der Waals surface area contributed by atoms with Crippen molar-refractivity contribution in [2.24, 2.45) is 0 Å².